The van der Waals surface area contributed by atoms with E-state index in [4.69, 9.17) is 24.7 Å². The van der Waals surface area contributed by atoms with E-state index >= 15 is 0 Å². The fourth-order valence-corrected chi connectivity index (χ4v) is 2.22. The first-order valence-corrected chi connectivity index (χ1v) is 6.91. The van der Waals surface area contributed by atoms with Crippen molar-refractivity contribution >= 4 is 44.7 Å². The first-order valence-electron chi connectivity index (χ1n) is 3.54. The van der Waals surface area contributed by atoms with Crippen LogP contribution in [0.25, 0.3) is 0 Å². The number of rotatable bonds is 5. The van der Waals surface area contributed by atoms with E-state index in [1.54, 1.807) is 0 Å². The molecule has 11 heteroatoms. The summed E-state index contributed by atoms with van der Waals surface area (Å²) < 4.78 is 21.2. The Morgan fingerprint density at radius 1 is 1.13 bits per heavy atom. The molecule has 0 aliphatic rings. The molecule has 0 saturated carbocycles. The molecule has 88 valence electrons. The molecule has 0 bridgehead atoms. The normalized spacial score (nSPS) is 16.7. The summed E-state index contributed by atoms with van der Waals surface area (Å²) in [6, 6.07) is 0. The zero-order valence-corrected chi connectivity index (χ0v) is 9.10. The van der Waals surface area contributed by atoms with Crippen LogP contribution in [0.2, 0.25) is 0 Å². The van der Waals surface area contributed by atoms with Crippen LogP contribution in [0.1, 0.15) is 6.42 Å². The van der Waals surface area contributed by atoms with E-state index in [9.17, 15) is 9.13 Å². The molecule has 0 fully saturated rings. The minimum atomic E-state index is -4.72. The molecule has 2 atom stereocenters. The fourth-order valence-electron chi connectivity index (χ4n) is 0.760. The Labute approximate surface area is 109 Å². The van der Waals surface area contributed by atoms with Gasteiger partial charge in [0.25, 0.3) is 0 Å². The maximum absolute atomic E-state index is 10.7. The molecule has 0 aromatic heterocycles. The molecule has 0 radical (unpaired) electrons. The summed E-state index contributed by atoms with van der Waals surface area (Å²) in [5.74, 6) is -3.54. The Balaban J connectivity index is 0. The monoisotopic (exact) mass is 273 g/mol. The van der Waals surface area contributed by atoms with Crippen LogP contribution < -0.4 is 5.32 Å². The Morgan fingerprint density at radius 3 is 1.73 bits per heavy atom. The van der Waals surface area contributed by atoms with Crippen LogP contribution in [0, 0.1) is 0 Å². The van der Waals surface area contributed by atoms with E-state index in [0.29, 0.717) is 0 Å². The van der Waals surface area contributed by atoms with E-state index < -0.39 is 33.2 Å². The van der Waals surface area contributed by atoms with E-state index in [2.05, 4.69) is 5.32 Å². The van der Waals surface area contributed by atoms with Crippen LogP contribution in [-0.4, -0.2) is 72.9 Å². The van der Waals surface area contributed by atoms with Crippen molar-refractivity contribution in [2.45, 2.75) is 18.0 Å². The predicted octanol–water partition coefficient (Wildman–Crippen LogP) is -2.05. The van der Waals surface area contributed by atoms with Crippen LogP contribution in [0.5, 0.6) is 0 Å². The number of aliphatic hydroxyl groups excluding tert-OH is 1. The van der Waals surface area contributed by atoms with Gasteiger partial charge in [-0.15, -0.1) is 0 Å². The molecule has 0 spiro atoms. The number of hydrogen-bond acceptors (Lipinski definition) is 4. The van der Waals surface area contributed by atoms with Crippen molar-refractivity contribution in [1.29, 1.82) is 0 Å². The molecule has 0 aliphatic heterocycles. The predicted molar refractivity (Wildman–Crippen MR) is 54.7 cm³/mol. The van der Waals surface area contributed by atoms with Crippen molar-refractivity contribution in [2.24, 2.45) is 0 Å². The molecule has 0 amide bonds. The second kappa shape index (κ2) is 6.83. The summed E-state index contributed by atoms with van der Waals surface area (Å²) in [6.45, 7) is 0. The zero-order valence-electron chi connectivity index (χ0n) is 7.31. The molecule has 2 unspecified atom stereocenters. The summed E-state index contributed by atoms with van der Waals surface area (Å²) in [5.41, 5.74) is 0. The van der Waals surface area contributed by atoms with Gasteiger partial charge in [0.1, 0.15) is 5.78 Å². The molecule has 0 aromatic carbocycles. The average molecular weight is 273 g/mol. The molecular formula is C4H14NNaO7P2. The van der Waals surface area contributed by atoms with Crippen molar-refractivity contribution < 1.29 is 33.8 Å². The van der Waals surface area contributed by atoms with E-state index in [1.807, 2.05) is 0 Å². The molecule has 0 saturated heterocycles. The van der Waals surface area contributed by atoms with Crippen LogP contribution in [0.4, 0.5) is 0 Å². The molecule has 6 N–H and O–H groups in total. The van der Waals surface area contributed by atoms with Gasteiger partial charge in [0.2, 0.25) is 0 Å². The standard InChI is InChI=1S/C4H13NO7P2.Na.H/c1-5-3(13(7,8)9)2-4(6)14(10,11)12;;/h3-6H,2H2,1H3,(H2,7,8,9)(H2,10,11,12);;. The Bertz CT molecular complexity index is 274. The van der Waals surface area contributed by atoms with Gasteiger partial charge in [-0.05, 0) is 7.05 Å². The van der Waals surface area contributed by atoms with Gasteiger partial charge in [-0.25, -0.2) is 0 Å². The Hall–Kier alpha value is 1.22. The second-order valence-electron chi connectivity index (χ2n) is 2.70. The van der Waals surface area contributed by atoms with Gasteiger partial charge in [-0.2, -0.15) is 0 Å². The number of hydrogen-bond donors (Lipinski definition) is 6. The summed E-state index contributed by atoms with van der Waals surface area (Å²) in [5, 5.41) is 11.1. The Kier molecular flexibility index (Phi) is 8.47. The van der Waals surface area contributed by atoms with Crippen molar-refractivity contribution in [1.82, 2.24) is 5.32 Å². The molecule has 0 rings (SSSR count). The van der Waals surface area contributed by atoms with Crippen molar-refractivity contribution in [3.05, 3.63) is 0 Å². The van der Waals surface area contributed by atoms with Gasteiger partial charge in [0, 0.05) is 6.42 Å². The third kappa shape index (κ3) is 7.20. The minimum absolute atomic E-state index is 0. The van der Waals surface area contributed by atoms with Crippen molar-refractivity contribution in [3.63, 3.8) is 0 Å². The van der Waals surface area contributed by atoms with E-state index in [0.717, 1.165) is 0 Å². The van der Waals surface area contributed by atoms with E-state index in [1.165, 1.54) is 7.05 Å². The number of aliphatic hydroxyl groups is 1. The van der Waals surface area contributed by atoms with Gasteiger partial charge in [-0.1, -0.05) is 0 Å². The first kappa shape index (κ1) is 18.6. The third-order valence-electron chi connectivity index (χ3n) is 1.56. The summed E-state index contributed by atoms with van der Waals surface area (Å²) in [6.07, 6.45) is -0.717. The molecule has 15 heavy (non-hydrogen) atoms. The molecule has 0 aromatic rings. The van der Waals surface area contributed by atoms with Gasteiger partial charge in [-0.3, -0.25) is 9.13 Å². The van der Waals surface area contributed by atoms with Crippen LogP contribution in [-0.2, 0) is 9.13 Å². The zero-order chi connectivity index (χ0) is 11.6. The SMILES string of the molecule is CNC(CC(O)P(=O)(O)O)P(=O)(O)O.[NaH]. The summed E-state index contributed by atoms with van der Waals surface area (Å²) >= 11 is 0. The van der Waals surface area contributed by atoms with Crippen molar-refractivity contribution in [3.8, 4) is 0 Å². The maximum atomic E-state index is 10.7. The summed E-state index contributed by atoms with van der Waals surface area (Å²) in [7, 11) is -8.02. The quantitative estimate of drug-likeness (QED) is 0.248. The molecule has 0 heterocycles. The van der Waals surface area contributed by atoms with Gasteiger partial charge in [0.15, 0.2) is 5.85 Å². The Morgan fingerprint density at radius 2 is 1.53 bits per heavy atom. The van der Waals surface area contributed by atoms with Crippen LogP contribution in [0.15, 0.2) is 0 Å². The van der Waals surface area contributed by atoms with Gasteiger partial charge >= 0.3 is 44.7 Å². The first-order chi connectivity index (χ1) is 6.09. The second-order valence-corrected chi connectivity index (χ2v) is 6.27. The van der Waals surface area contributed by atoms with Crippen LogP contribution in [0.3, 0.4) is 0 Å². The molecular weight excluding hydrogens is 259 g/mol. The molecule has 0 aliphatic carbocycles. The van der Waals surface area contributed by atoms with E-state index in [-0.39, 0.29) is 29.6 Å². The number of nitrogens with one attached hydrogen (secondary N) is 1. The average Bonchev–Trinajstić information content (AvgIpc) is 1.95. The third-order valence-corrected chi connectivity index (χ3v) is 3.83. The van der Waals surface area contributed by atoms with Gasteiger partial charge in [0.05, 0.1) is 0 Å². The van der Waals surface area contributed by atoms with Gasteiger partial charge < -0.3 is 30.0 Å². The topological polar surface area (TPSA) is 147 Å². The van der Waals surface area contributed by atoms with Crippen LogP contribution >= 0.6 is 15.2 Å². The summed E-state index contributed by atoms with van der Waals surface area (Å²) in [4.78, 5) is 34.3. The van der Waals surface area contributed by atoms with Crippen molar-refractivity contribution in [2.75, 3.05) is 7.05 Å². The molecule has 8 nitrogen and oxygen atoms in total. The fraction of sp³-hybridized carbons (Fsp3) is 1.00.